The molecule has 22 heavy (non-hydrogen) atoms. The minimum Gasteiger partial charge on any atom is -0.486 e. The first-order valence-electron chi connectivity index (χ1n) is 7.07. The van der Waals surface area contributed by atoms with Crippen LogP contribution in [0.25, 0.3) is 0 Å². The van der Waals surface area contributed by atoms with Crippen molar-refractivity contribution in [2.45, 2.75) is 26.2 Å². The minimum atomic E-state index is -0.351. The normalized spacial score (nSPS) is 13.8. The third-order valence-corrected chi connectivity index (χ3v) is 3.21. The number of fused-ring (bicyclic) bond motifs is 1. The summed E-state index contributed by atoms with van der Waals surface area (Å²) >= 11 is 0. The number of nitrogens with one attached hydrogen (secondary N) is 2. The Labute approximate surface area is 127 Å². The van der Waals surface area contributed by atoms with Crippen molar-refractivity contribution in [1.82, 2.24) is 15.2 Å². The van der Waals surface area contributed by atoms with Gasteiger partial charge in [0.25, 0.3) is 5.56 Å². The third kappa shape index (κ3) is 2.88. The van der Waals surface area contributed by atoms with Crippen molar-refractivity contribution in [2.24, 2.45) is 0 Å². The molecule has 0 bridgehead atoms. The Kier molecular flexibility index (Phi) is 3.48. The molecule has 0 fully saturated rings. The van der Waals surface area contributed by atoms with Crippen LogP contribution >= 0.6 is 0 Å². The van der Waals surface area contributed by atoms with Gasteiger partial charge in [0.15, 0.2) is 11.5 Å². The molecular weight excluding hydrogens is 284 g/mol. The first-order chi connectivity index (χ1) is 10.4. The maximum Gasteiger partial charge on any atom is 0.274 e. The van der Waals surface area contributed by atoms with Gasteiger partial charge in [0, 0.05) is 17.2 Å². The van der Waals surface area contributed by atoms with E-state index in [0.717, 1.165) is 5.69 Å². The molecule has 0 saturated heterocycles. The van der Waals surface area contributed by atoms with Gasteiger partial charge in [0.2, 0.25) is 5.95 Å². The highest BCUT2D eigenvalue weighted by Crippen LogP contribution is 2.33. The summed E-state index contributed by atoms with van der Waals surface area (Å²) in [5, 5.41) is 11.1. The van der Waals surface area contributed by atoms with E-state index in [9.17, 15) is 4.79 Å². The first-order valence-corrected chi connectivity index (χ1v) is 7.07. The van der Waals surface area contributed by atoms with Crippen LogP contribution < -0.4 is 20.3 Å². The van der Waals surface area contributed by atoms with Crippen LogP contribution in [0.1, 0.15) is 26.5 Å². The van der Waals surface area contributed by atoms with Crippen LogP contribution in [-0.4, -0.2) is 28.4 Å². The highest BCUT2D eigenvalue weighted by molar-refractivity contribution is 5.59. The standard InChI is InChI=1S/C15H18N4O3/c1-15(2,3)12-13(20)17-14(19-18-12)16-9-4-5-10-11(8-9)22-7-6-21-10/h4-5,8H,6-7H2,1-3H3,(H2,16,17,19,20). The lowest BCUT2D eigenvalue weighted by Crippen LogP contribution is -2.28. The van der Waals surface area contributed by atoms with E-state index in [0.29, 0.717) is 30.4 Å². The number of benzene rings is 1. The van der Waals surface area contributed by atoms with E-state index in [1.165, 1.54) is 0 Å². The topological polar surface area (TPSA) is 89.1 Å². The highest BCUT2D eigenvalue weighted by Gasteiger charge is 2.20. The van der Waals surface area contributed by atoms with Gasteiger partial charge in [-0.2, -0.15) is 0 Å². The number of hydrogen-bond acceptors (Lipinski definition) is 6. The lowest BCUT2D eigenvalue weighted by Gasteiger charge is -2.19. The number of anilines is 2. The fourth-order valence-electron chi connectivity index (χ4n) is 2.14. The summed E-state index contributed by atoms with van der Waals surface area (Å²) in [7, 11) is 0. The zero-order chi connectivity index (χ0) is 15.7. The number of rotatable bonds is 2. The lowest BCUT2D eigenvalue weighted by atomic mass is 9.93. The third-order valence-electron chi connectivity index (χ3n) is 3.21. The second-order valence-electron chi connectivity index (χ2n) is 6.08. The molecule has 0 unspecified atom stereocenters. The number of nitrogens with zero attached hydrogens (tertiary/aromatic N) is 2. The summed E-state index contributed by atoms with van der Waals surface area (Å²) in [6.07, 6.45) is 0. The Morgan fingerprint density at radius 1 is 1.14 bits per heavy atom. The summed E-state index contributed by atoms with van der Waals surface area (Å²) < 4.78 is 11.0. The Morgan fingerprint density at radius 2 is 1.86 bits per heavy atom. The molecule has 0 radical (unpaired) electrons. The van der Waals surface area contributed by atoms with E-state index >= 15 is 0 Å². The van der Waals surface area contributed by atoms with E-state index in [4.69, 9.17) is 9.47 Å². The Morgan fingerprint density at radius 3 is 2.55 bits per heavy atom. The van der Waals surface area contributed by atoms with Crippen molar-refractivity contribution >= 4 is 11.6 Å². The van der Waals surface area contributed by atoms with Gasteiger partial charge in [0.1, 0.15) is 18.9 Å². The summed E-state index contributed by atoms with van der Waals surface area (Å²) in [4.78, 5) is 14.8. The fraction of sp³-hybridized carbons (Fsp3) is 0.400. The average Bonchev–Trinajstić information content (AvgIpc) is 2.46. The lowest BCUT2D eigenvalue weighted by molar-refractivity contribution is 0.171. The van der Waals surface area contributed by atoms with Gasteiger partial charge in [0.05, 0.1) is 0 Å². The molecule has 7 nitrogen and oxygen atoms in total. The maximum atomic E-state index is 12.1. The zero-order valence-corrected chi connectivity index (χ0v) is 12.8. The van der Waals surface area contributed by atoms with E-state index in [2.05, 4.69) is 20.5 Å². The van der Waals surface area contributed by atoms with Gasteiger partial charge in [-0.3, -0.25) is 9.78 Å². The van der Waals surface area contributed by atoms with E-state index in [1.54, 1.807) is 6.07 Å². The van der Waals surface area contributed by atoms with Crippen LogP contribution in [-0.2, 0) is 5.41 Å². The van der Waals surface area contributed by atoms with Crippen LogP contribution in [0, 0.1) is 0 Å². The van der Waals surface area contributed by atoms with Gasteiger partial charge >= 0.3 is 0 Å². The Bertz CT molecular complexity index is 749. The Balaban J connectivity index is 1.84. The maximum absolute atomic E-state index is 12.1. The summed E-state index contributed by atoms with van der Waals surface area (Å²) in [5.41, 5.74) is 0.538. The molecule has 0 saturated carbocycles. The van der Waals surface area contributed by atoms with Gasteiger partial charge in [-0.25, -0.2) is 0 Å². The van der Waals surface area contributed by atoms with Crippen LogP contribution in [0.5, 0.6) is 11.5 Å². The first kappa shape index (κ1) is 14.4. The quantitative estimate of drug-likeness (QED) is 0.881. The molecule has 2 N–H and O–H groups in total. The molecule has 1 aromatic carbocycles. The number of ether oxygens (including phenoxy) is 2. The molecular formula is C15H18N4O3. The van der Waals surface area contributed by atoms with Crippen molar-refractivity contribution in [1.29, 1.82) is 0 Å². The van der Waals surface area contributed by atoms with Crippen LogP contribution in [0.3, 0.4) is 0 Å². The summed E-state index contributed by atoms with van der Waals surface area (Å²) in [5.74, 6) is 1.66. The zero-order valence-electron chi connectivity index (χ0n) is 12.8. The van der Waals surface area contributed by atoms with Gasteiger partial charge in [-0.05, 0) is 12.1 Å². The van der Waals surface area contributed by atoms with E-state index < -0.39 is 0 Å². The number of H-pyrrole nitrogens is 1. The molecule has 2 heterocycles. The molecule has 0 atom stereocenters. The van der Waals surface area contributed by atoms with Gasteiger partial charge in [-0.1, -0.05) is 20.8 Å². The van der Waals surface area contributed by atoms with Crippen molar-refractivity contribution in [3.8, 4) is 11.5 Å². The van der Waals surface area contributed by atoms with E-state index in [-0.39, 0.29) is 16.9 Å². The average molecular weight is 302 g/mol. The molecule has 0 spiro atoms. The van der Waals surface area contributed by atoms with Crippen LogP contribution in [0.4, 0.5) is 11.6 Å². The van der Waals surface area contributed by atoms with Crippen molar-refractivity contribution < 1.29 is 9.47 Å². The number of hydrogen-bond donors (Lipinski definition) is 2. The largest absolute Gasteiger partial charge is 0.486 e. The second-order valence-corrected chi connectivity index (χ2v) is 6.08. The Hall–Kier alpha value is -2.57. The molecule has 2 aromatic rings. The fourth-order valence-corrected chi connectivity index (χ4v) is 2.14. The molecule has 0 aliphatic carbocycles. The molecule has 116 valence electrons. The summed E-state index contributed by atoms with van der Waals surface area (Å²) in [6.45, 7) is 6.82. The van der Waals surface area contributed by atoms with Gasteiger partial charge in [-0.15, -0.1) is 10.2 Å². The molecule has 1 aromatic heterocycles. The van der Waals surface area contributed by atoms with Crippen molar-refractivity contribution in [3.05, 3.63) is 34.2 Å². The number of aromatic amines is 1. The monoisotopic (exact) mass is 302 g/mol. The summed E-state index contributed by atoms with van der Waals surface area (Å²) in [6, 6.07) is 5.43. The number of aromatic nitrogens is 3. The molecule has 0 amide bonds. The smallest absolute Gasteiger partial charge is 0.274 e. The highest BCUT2D eigenvalue weighted by atomic mass is 16.6. The van der Waals surface area contributed by atoms with Crippen LogP contribution in [0.15, 0.2) is 23.0 Å². The SMILES string of the molecule is CC(C)(C)c1nnc(Nc2ccc3c(c2)OCCO3)[nH]c1=O. The predicted molar refractivity (Wildman–Crippen MR) is 82.1 cm³/mol. The molecule has 3 rings (SSSR count). The van der Waals surface area contributed by atoms with Crippen LogP contribution in [0.2, 0.25) is 0 Å². The van der Waals surface area contributed by atoms with Gasteiger partial charge < -0.3 is 14.8 Å². The molecule has 1 aliphatic heterocycles. The van der Waals surface area contributed by atoms with Crippen molar-refractivity contribution in [3.63, 3.8) is 0 Å². The minimum absolute atomic E-state index is 0.248. The van der Waals surface area contributed by atoms with Crippen molar-refractivity contribution in [2.75, 3.05) is 18.5 Å². The second kappa shape index (κ2) is 5.32. The van der Waals surface area contributed by atoms with E-state index in [1.807, 2.05) is 32.9 Å². The predicted octanol–water partition coefficient (Wildman–Crippen LogP) is 1.98. The molecule has 7 heteroatoms. The molecule has 1 aliphatic rings.